The molecule has 2 aromatic carbocycles. The molecule has 9 nitrogen and oxygen atoms in total. The lowest BCUT2D eigenvalue weighted by molar-refractivity contribution is -0.384. The van der Waals surface area contributed by atoms with Crippen LogP contribution in [-0.2, 0) is 6.73 Å². The summed E-state index contributed by atoms with van der Waals surface area (Å²) < 4.78 is 13.5. The van der Waals surface area contributed by atoms with E-state index in [4.69, 9.17) is 9.26 Å². The standard InChI is InChI=1S/C18H12BrN5O4/c19-13-3-7-15(8-4-13)27-11-23-10-9-16(21-23)18-20-17(22-28-18)12-1-5-14(6-2-12)24(25)26/h1-10H,11H2. The number of hydrogen-bond acceptors (Lipinski definition) is 7. The lowest BCUT2D eigenvalue weighted by Gasteiger charge is -2.05. The fraction of sp³-hybridized carbons (Fsp3) is 0.0556. The van der Waals surface area contributed by atoms with Crippen molar-refractivity contribution >= 4 is 21.6 Å². The number of nitrogens with zero attached hydrogens (tertiary/aromatic N) is 5. The van der Waals surface area contributed by atoms with E-state index in [-0.39, 0.29) is 18.3 Å². The van der Waals surface area contributed by atoms with Crippen molar-refractivity contribution in [2.24, 2.45) is 0 Å². The first-order valence-electron chi connectivity index (χ1n) is 8.09. The average molecular weight is 442 g/mol. The lowest BCUT2D eigenvalue weighted by Crippen LogP contribution is -2.05. The topological polar surface area (TPSA) is 109 Å². The summed E-state index contributed by atoms with van der Waals surface area (Å²) in [6, 6.07) is 15.1. The van der Waals surface area contributed by atoms with Gasteiger partial charge in [0.05, 0.1) is 4.92 Å². The molecule has 0 saturated carbocycles. The molecule has 2 heterocycles. The maximum atomic E-state index is 10.7. The van der Waals surface area contributed by atoms with Gasteiger partial charge in [-0.1, -0.05) is 21.1 Å². The van der Waals surface area contributed by atoms with Gasteiger partial charge < -0.3 is 9.26 Å². The quantitative estimate of drug-likeness (QED) is 0.323. The van der Waals surface area contributed by atoms with Crippen LogP contribution in [0.15, 0.2) is 69.8 Å². The highest BCUT2D eigenvalue weighted by Gasteiger charge is 2.14. The van der Waals surface area contributed by atoms with Gasteiger partial charge in [0.1, 0.15) is 5.75 Å². The van der Waals surface area contributed by atoms with Crippen molar-refractivity contribution in [2.75, 3.05) is 0 Å². The molecule has 10 heteroatoms. The molecule has 0 N–H and O–H groups in total. The van der Waals surface area contributed by atoms with Gasteiger partial charge in [0, 0.05) is 28.4 Å². The summed E-state index contributed by atoms with van der Waals surface area (Å²) in [6.45, 7) is 0.227. The molecule has 0 spiro atoms. The minimum atomic E-state index is -0.464. The highest BCUT2D eigenvalue weighted by Crippen LogP contribution is 2.23. The zero-order valence-corrected chi connectivity index (χ0v) is 15.8. The molecule has 0 saturated heterocycles. The van der Waals surface area contributed by atoms with E-state index >= 15 is 0 Å². The Hall–Kier alpha value is -3.53. The third-order valence-electron chi connectivity index (χ3n) is 3.80. The van der Waals surface area contributed by atoms with Crippen molar-refractivity contribution in [2.45, 2.75) is 6.73 Å². The van der Waals surface area contributed by atoms with Crippen LogP contribution in [0.25, 0.3) is 23.0 Å². The van der Waals surface area contributed by atoms with Crippen LogP contribution < -0.4 is 4.74 Å². The lowest BCUT2D eigenvalue weighted by atomic mass is 10.2. The molecular formula is C18H12BrN5O4. The minimum Gasteiger partial charge on any atom is -0.471 e. The maximum absolute atomic E-state index is 10.7. The number of aromatic nitrogens is 4. The number of nitro groups is 1. The molecule has 0 amide bonds. The van der Waals surface area contributed by atoms with E-state index in [1.54, 1.807) is 29.1 Å². The number of nitro benzene ring substituents is 1. The Balaban J connectivity index is 1.45. The van der Waals surface area contributed by atoms with Gasteiger partial charge in [-0.3, -0.25) is 10.1 Å². The molecule has 0 aliphatic heterocycles. The summed E-state index contributed by atoms with van der Waals surface area (Å²) in [5.74, 6) is 1.29. The number of halogens is 1. The number of ether oxygens (including phenoxy) is 1. The van der Waals surface area contributed by atoms with Gasteiger partial charge in [-0.15, -0.1) is 0 Å². The number of benzene rings is 2. The van der Waals surface area contributed by atoms with E-state index in [0.717, 1.165) is 10.2 Å². The molecule has 0 unspecified atom stereocenters. The molecule has 28 heavy (non-hydrogen) atoms. The third kappa shape index (κ3) is 3.91. The van der Waals surface area contributed by atoms with Gasteiger partial charge in [-0.25, -0.2) is 4.68 Å². The van der Waals surface area contributed by atoms with Crippen molar-refractivity contribution in [1.82, 2.24) is 19.9 Å². The molecular weight excluding hydrogens is 430 g/mol. The first-order valence-corrected chi connectivity index (χ1v) is 8.88. The molecule has 0 bridgehead atoms. The molecule has 2 aromatic heterocycles. The number of rotatable bonds is 6. The molecule has 4 rings (SSSR count). The fourth-order valence-electron chi connectivity index (χ4n) is 2.40. The van der Waals surface area contributed by atoms with Crippen LogP contribution in [0.4, 0.5) is 5.69 Å². The van der Waals surface area contributed by atoms with Gasteiger partial charge >= 0.3 is 0 Å². The van der Waals surface area contributed by atoms with E-state index in [0.29, 0.717) is 17.1 Å². The third-order valence-corrected chi connectivity index (χ3v) is 4.33. The summed E-state index contributed by atoms with van der Waals surface area (Å²) in [4.78, 5) is 14.6. The van der Waals surface area contributed by atoms with E-state index in [2.05, 4.69) is 31.2 Å². The molecule has 0 aliphatic rings. The Kier molecular flexibility index (Phi) is 4.85. The molecule has 0 aliphatic carbocycles. The Morgan fingerprint density at radius 3 is 2.57 bits per heavy atom. The predicted octanol–water partition coefficient (Wildman–Crippen LogP) is 4.31. The van der Waals surface area contributed by atoms with Crippen LogP contribution in [0, 0.1) is 10.1 Å². The molecule has 140 valence electrons. The van der Waals surface area contributed by atoms with Crippen LogP contribution in [-0.4, -0.2) is 24.8 Å². The van der Waals surface area contributed by atoms with E-state index in [1.165, 1.54) is 12.1 Å². The molecule has 0 atom stereocenters. The van der Waals surface area contributed by atoms with Gasteiger partial charge in [-0.2, -0.15) is 10.1 Å². The smallest absolute Gasteiger partial charge is 0.278 e. The molecule has 0 radical (unpaired) electrons. The predicted molar refractivity (Wildman–Crippen MR) is 102 cm³/mol. The van der Waals surface area contributed by atoms with Gasteiger partial charge in [-0.05, 0) is 42.5 Å². The van der Waals surface area contributed by atoms with Crippen molar-refractivity contribution < 1.29 is 14.2 Å². The van der Waals surface area contributed by atoms with Crippen molar-refractivity contribution in [3.63, 3.8) is 0 Å². The second-order valence-electron chi connectivity index (χ2n) is 5.69. The Labute approximate surface area is 166 Å². The van der Waals surface area contributed by atoms with Crippen molar-refractivity contribution in [3.05, 3.63) is 75.4 Å². The molecule has 0 fully saturated rings. The van der Waals surface area contributed by atoms with Gasteiger partial charge in [0.2, 0.25) is 5.82 Å². The Bertz CT molecular complexity index is 1110. The number of hydrogen-bond donors (Lipinski definition) is 0. The monoisotopic (exact) mass is 441 g/mol. The fourth-order valence-corrected chi connectivity index (χ4v) is 2.66. The normalized spacial score (nSPS) is 10.8. The zero-order chi connectivity index (χ0) is 19.5. The highest BCUT2D eigenvalue weighted by atomic mass is 79.9. The second kappa shape index (κ2) is 7.61. The SMILES string of the molecule is O=[N+]([O-])c1ccc(-c2noc(-c3ccn(COc4ccc(Br)cc4)n3)n2)cc1. The Morgan fingerprint density at radius 2 is 1.86 bits per heavy atom. The van der Waals surface area contributed by atoms with Gasteiger partial charge in [0.25, 0.3) is 11.6 Å². The molecule has 4 aromatic rings. The van der Waals surface area contributed by atoms with E-state index in [9.17, 15) is 10.1 Å². The summed E-state index contributed by atoms with van der Waals surface area (Å²) in [5.41, 5.74) is 1.11. The summed E-state index contributed by atoms with van der Waals surface area (Å²) in [6.07, 6.45) is 1.74. The highest BCUT2D eigenvalue weighted by molar-refractivity contribution is 9.10. The summed E-state index contributed by atoms with van der Waals surface area (Å²) in [5, 5.41) is 19.0. The zero-order valence-electron chi connectivity index (χ0n) is 14.2. The van der Waals surface area contributed by atoms with Crippen LogP contribution in [0.1, 0.15) is 0 Å². The second-order valence-corrected chi connectivity index (χ2v) is 6.61. The first-order chi connectivity index (χ1) is 13.6. The largest absolute Gasteiger partial charge is 0.471 e. The minimum absolute atomic E-state index is 0.00279. The summed E-state index contributed by atoms with van der Waals surface area (Å²) in [7, 11) is 0. The van der Waals surface area contributed by atoms with E-state index < -0.39 is 4.92 Å². The number of non-ortho nitro benzene ring substituents is 1. The van der Waals surface area contributed by atoms with Crippen LogP contribution in [0.5, 0.6) is 5.75 Å². The van der Waals surface area contributed by atoms with E-state index in [1.807, 2.05) is 24.3 Å². The van der Waals surface area contributed by atoms with Crippen LogP contribution in [0.2, 0.25) is 0 Å². The average Bonchev–Trinajstić information content (AvgIpc) is 3.37. The van der Waals surface area contributed by atoms with Gasteiger partial charge in [0.15, 0.2) is 12.4 Å². The van der Waals surface area contributed by atoms with Crippen LogP contribution in [0.3, 0.4) is 0 Å². The van der Waals surface area contributed by atoms with Crippen LogP contribution >= 0.6 is 15.9 Å². The summed E-state index contributed by atoms with van der Waals surface area (Å²) >= 11 is 3.37. The first kappa shape index (κ1) is 17.9. The Morgan fingerprint density at radius 1 is 1.11 bits per heavy atom. The van der Waals surface area contributed by atoms with Crippen molar-refractivity contribution in [3.8, 4) is 28.7 Å². The van der Waals surface area contributed by atoms with Crippen molar-refractivity contribution in [1.29, 1.82) is 0 Å². The maximum Gasteiger partial charge on any atom is 0.278 e.